The first-order chi connectivity index (χ1) is 9.76. The van der Waals surface area contributed by atoms with Gasteiger partial charge in [-0.15, -0.1) is 0 Å². The van der Waals surface area contributed by atoms with Gasteiger partial charge in [-0.25, -0.2) is 4.39 Å². The van der Waals surface area contributed by atoms with Crippen molar-refractivity contribution in [1.82, 2.24) is 5.32 Å². The van der Waals surface area contributed by atoms with Crippen molar-refractivity contribution in [3.8, 4) is 11.1 Å². The molecule has 20 heavy (non-hydrogen) atoms. The summed E-state index contributed by atoms with van der Waals surface area (Å²) >= 11 is 0. The maximum Gasteiger partial charge on any atom is 0.123 e. The molecular formula is C18H20FN. The Hall–Kier alpha value is -1.67. The largest absolute Gasteiger partial charge is 0.310 e. The van der Waals surface area contributed by atoms with Gasteiger partial charge in [-0.05, 0) is 53.6 Å². The summed E-state index contributed by atoms with van der Waals surface area (Å²) in [7, 11) is 0. The Bertz CT molecular complexity index is 585. The van der Waals surface area contributed by atoms with E-state index < -0.39 is 0 Å². The lowest BCUT2D eigenvalue weighted by Gasteiger charge is -2.11. The van der Waals surface area contributed by atoms with Gasteiger partial charge < -0.3 is 5.32 Å². The molecule has 104 valence electrons. The molecule has 1 aliphatic carbocycles. The molecule has 0 atom stereocenters. The van der Waals surface area contributed by atoms with Gasteiger partial charge >= 0.3 is 0 Å². The molecule has 0 aromatic heterocycles. The quantitative estimate of drug-likeness (QED) is 0.853. The highest BCUT2D eigenvalue weighted by atomic mass is 19.1. The number of rotatable bonds is 5. The minimum atomic E-state index is -0.172. The van der Waals surface area contributed by atoms with Gasteiger partial charge in [0.1, 0.15) is 5.82 Å². The highest BCUT2D eigenvalue weighted by Gasteiger charge is 2.20. The van der Waals surface area contributed by atoms with E-state index in [-0.39, 0.29) is 5.82 Å². The van der Waals surface area contributed by atoms with Gasteiger partial charge in [-0.1, -0.05) is 37.3 Å². The van der Waals surface area contributed by atoms with Crippen LogP contribution in [-0.4, -0.2) is 6.04 Å². The third-order valence-electron chi connectivity index (χ3n) is 3.90. The monoisotopic (exact) mass is 269 g/mol. The predicted molar refractivity (Wildman–Crippen MR) is 81.1 cm³/mol. The molecule has 1 nitrogen and oxygen atoms in total. The Morgan fingerprint density at radius 1 is 1.10 bits per heavy atom. The van der Waals surface area contributed by atoms with Crippen molar-refractivity contribution in [1.29, 1.82) is 0 Å². The lowest BCUT2D eigenvalue weighted by molar-refractivity contribution is 0.625. The van der Waals surface area contributed by atoms with Crippen LogP contribution in [0.4, 0.5) is 4.39 Å². The second kappa shape index (κ2) is 5.76. The van der Waals surface area contributed by atoms with Crippen molar-refractivity contribution in [3.63, 3.8) is 0 Å². The maximum absolute atomic E-state index is 13.6. The lowest BCUT2D eigenvalue weighted by atomic mass is 9.98. The van der Waals surface area contributed by atoms with Gasteiger partial charge in [-0.3, -0.25) is 0 Å². The first-order valence-electron chi connectivity index (χ1n) is 7.37. The fourth-order valence-corrected chi connectivity index (χ4v) is 2.43. The van der Waals surface area contributed by atoms with E-state index in [1.165, 1.54) is 24.0 Å². The van der Waals surface area contributed by atoms with Crippen molar-refractivity contribution in [2.45, 2.75) is 38.8 Å². The van der Waals surface area contributed by atoms with Crippen molar-refractivity contribution in [2.24, 2.45) is 0 Å². The Balaban J connectivity index is 1.89. The summed E-state index contributed by atoms with van der Waals surface area (Å²) in [5.74, 6) is -0.172. The molecule has 2 aromatic rings. The van der Waals surface area contributed by atoms with Crippen LogP contribution < -0.4 is 5.32 Å². The number of nitrogens with one attached hydrogen (secondary N) is 1. The van der Waals surface area contributed by atoms with Crippen LogP contribution in [0.25, 0.3) is 11.1 Å². The topological polar surface area (TPSA) is 12.0 Å². The fourth-order valence-electron chi connectivity index (χ4n) is 2.43. The zero-order valence-corrected chi connectivity index (χ0v) is 11.8. The lowest BCUT2D eigenvalue weighted by Crippen LogP contribution is -2.15. The molecule has 0 aliphatic heterocycles. The van der Waals surface area contributed by atoms with Crippen molar-refractivity contribution < 1.29 is 4.39 Å². The van der Waals surface area contributed by atoms with E-state index in [0.717, 1.165) is 24.1 Å². The van der Waals surface area contributed by atoms with Crippen LogP contribution in [0.3, 0.4) is 0 Å². The highest BCUT2D eigenvalue weighted by Crippen LogP contribution is 2.27. The molecule has 0 bridgehead atoms. The van der Waals surface area contributed by atoms with E-state index in [4.69, 9.17) is 0 Å². The molecule has 0 radical (unpaired) electrons. The number of hydrogen-bond acceptors (Lipinski definition) is 1. The molecule has 0 unspecified atom stereocenters. The Morgan fingerprint density at radius 3 is 2.50 bits per heavy atom. The summed E-state index contributed by atoms with van der Waals surface area (Å²) in [5, 5.41) is 3.50. The van der Waals surface area contributed by atoms with Gasteiger partial charge in [0.15, 0.2) is 0 Å². The third-order valence-corrected chi connectivity index (χ3v) is 3.90. The average molecular weight is 269 g/mol. The Morgan fingerprint density at radius 2 is 1.85 bits per heavy atom. The third kappa shape index (κ3) is 3.07. The zero-order valence-electron chi connectivity index (χ0n) is 11.8. The van der Waals surface area contributed by atoms with Crippen molar-refractivity contribution >= 4 is 0 Å². The molecule has 0 heterocycles. The van der Waals surface area contributed by atoms with E-state index >= 15 is 0 Å². The average Bonchev–Trinajstić information content (AvgIpc) is 3.30. The Labute approximate surface area is 119 Å². The standard InChI is InChI=1S/C18H20FN/c1-2-13-3-5-14(6-4-13)18-11-16(19)8-7-15(18)12-20-17-9-10-17/h3-8,11,17,20H,2,9-10,12H2,1H3. The van der Waals surface area contributed by atoms with Gasteiger partial charge in [0.2, 0.25) is 0 Å². The first-order valence-corrected chi connectivity index (χ1v) is 7.37. The van der Waals surface area contributed by atoms with E-state index in [1.807, 2.05) is 6.07 Å². The van der Waals surface area contributed by atoms with Crippen LogP contribution in [0.1, 0.15) is 30.9 Å². The van der Waals surface area contributed by atoms with E-state index in [0.29, 0.717) is 6.04 Å². The van der Waals surface area contributed by atoms with Gasteiger partial charge in [0.25, 0.3) is 0 Å². The molecule has 1 N–H and O–H groups in total. The Kier molecular flexibility index (Phi) is 3.83. The van der Waals surface area contributed by atoms with Gasteiger partial charge in [0.05, 0.1) is 0 Å². The number of halogens is 1. The van der Waals surface area contributed by atoms with E-state index in [1.54, 1.807) is 12.1 Å². The van der Waals surface area contributed by atoms with Crippen molar-refractivity contribution in [2.75, 3.05) is 0 Å². The molecule has 1 fully saturated rings. The summed E-state index contributed by atoms with van der Waals surface area (Å²) in [6, 6.07) is 14.2. The van der Waals surface area contributed by atoms with Crippen LogP contribution >= 0.6 is 0 Å². The van der Waals surface area contributed by atoms with Gasteiger partial charge in [-0.2, -0.15) is 0 Å². The summed E-state index contributed by atoms with van der Waals surface area (Å²) in [6.07, 6.45) is 3.56. The summed E-state index contributed by atoms with van der Waals surface area (Å²) in [5.41, 5.74) is 4.57. The molecule has 0 amide bonds. The number of benzene rings is 2. The highest BCUT2D eigenvalue weighted by molar-refractivity contribution is 5.67. The van der Waals surface area contributed by atoms with Gasteiger partial charge in [0, 0.05) is 12.6 Å². The molecule has 2 heteroatoms. The second-order valence-electron chi connectivity index (χ2n) is 5.51. The van der Waals surface area contributed by atoms with Crippen LogP contribution in [0.5, 0.6) is 0 Å². The summed E-state index contributed by atoms with van der Waals surface area (Å²) < 4.78 is 13.6. The maximum atomic E-state index is 13.6. The molecule has 1 aliphatic rings. The molecular weight excluding hydrogens is 249 g/mol. The smallest absolute Gasteiger partial charge is 0.123 e. The molecule has 2 aromatic carbocycles. The molecule has 3 rings (SSSR count). The SMILES string of the molecule is CCc1ccc(-c2cc(F)ccc2CNC2CC2)cc1. The predicted octanol–water partition coefficient (Wildman–Crippen LogP) is 4.31. The van der Waals surface area contributed by atoms with Crippen LogP contribution in [0.15, 0.2) is 42.5 Å². The fraction of sp³-hybridized carbons (Fsp3) is 0.333. The zero-order chi connectivity index (χ0) is 13.9. The normalized spacial score (nSPS) is 14.5. The van der Waals surface area contributed by atoms with Crippen LogP contribution in [0.2, 0.25) is 0 Å². The minimum Gasteiger partial charge on any atom is -0.310 e. The minimum absolute atomic E-state index is 0.172. The number of hydrogen-bond donors (Lipinski definition) is 1. The van der Waals surface area contributed by atoms with E-state index in [2.05, 4.69) is 36.5 Å². The molecule has 1 saturated carbocycles. The number of aryl methyl sites for hydroxylation is 1. The van der Waals surface area contributed by atoms with E-state index in [9.17, 15) is 4.39 Å². The summed E-state index contributed by atoms with van der Waals surface area (Å²) in [6.45, 7) is 2.96. The van der Waals surface area contributed by atoms with Crippen molar-refractivity contribution in [3.05, 3.63) is 59.4 Å². The summed E-state index contributed by atoms with van der Waals surface area (Å²) in [4.78, 5) is 0. The first kappa shape index (κ1) is 13.3. The second-order valence-corrected chi connectivity index (χ2v) is 5.51. The van der Waals surface area contributed by atoms with Crippen LogP contribution in [-0.2, 0) is 13.0 Å². The van der Waals surface area contributed by atoms with Crippen LogP contribution in [0, 0.1) is 5.82 Å². The molecule has 0 spiro atoms. The molecule has 0 saturated heterocycles.